The minimum Gasteiger partial charge on any atom is -0.380 e. The van der Waals surface area contributed by atoms with Crippen molar-refractivity contribution in [1.82, 2.24) is 29.6 Å². The number of nitrogens with zero attached hydrogens (tertiary/aromatic N) is 5. The van der Waals surface area contributed by atoms with Crippen LogP contribution in [0.5, 0.6) is 0 Å². The average Bonchev–Trinajstić information content (AvgIpc) is 2.80. The second-order valence-electron chi connectivity index (χ2n) is 23.1. The lowest BCUT2D eigenvalue weighted by atomic mass is 9.73. The number of benzene rings is 5. The molecule has 0 aromatic heterocycles. The molecule has 5 aliphatic rings. The second-order valence-corrected chi connectivity index (χ2v) is 28.3. The number of alkyl halides is 3. The van der Waals surface area contributed by atoms with Crippen LogP contribution in [0.3, 0.4) is 0 Å². The first-order valence-corrected chi connectivity index (χ1v) is 33.1. The molecule has 4 heterocycles. The van der Waals surface area contributed by atoms with Crippen LogP contribution in [0.1, 0.15) is 94.6 Å². The van der Waals surface area contributed by atoms with E-state index in [0.717, 1.165) is 66.5 Å². The van der Waals surface area contributed by atoms with Crippen LogP contribution in [0.2, 0.25) is 5.02 Å². The van der Waals surface area contributed by atoms with Gasteiger partial charge in [-0.2, -0.15) is 13.2 Å². The number of carbonyl (C=O) groups is 5. The van der Waals surface area contributed by atoms with Gasteiger partial charge in [0.2, 0.25) is 11.8 Å². The van der Waals surface area contributed by atoms with Crippen LogP contribution in [0.15, 0.2) is 136 Å². The number of imide groups is 2. The van der Waals surface area contributed by atoms with Crippen LogP contribution in [0.25, 0.3) is 5.57 Å². The van der Waals surface area contributed by atoms with Crippen molar-refractivity contribution < 1.29 is 54.0 Å². The molecule has 458 valence electrons. The molecule has 87 heavy (non-hydrogen) atoms. The molecule has 5 amide bonds. The Morgan fingerprint density at radius 2 is 1.49 bits per heavy atom. The Bertz CT molecular complexity index is 3790. The van der Waals surface area contributed by atoms with Gasteiger partial charge in [-0.15, -0.1) is 11.8 Å². The SMILES string of the molecule is CC1(C)CCC(c2ccc(Cl)cc2)=C(CN2CCN(c3ccc(C(=O)NS(=O)(=O)c4ccc(N[C@H](CCN5CCN(CC#Cc6cccc7c6C(=O)N(C6CCC(=O)NC6=O)C7=O)CC5)CSc5ccccc5)c(S(=O)(=O)C(F)(F)F)c4)cc3)CC2)C1. The van der Waals surface area contributed by atoms with E-state index >= 15 is 0 Å². The molecule has 10 rings (SSSR count). The third-order valence-corrected chi connectivity index (χ3v) is 20.8. The minimum absolute atomic E-state index is 0.00683. The third kappa shape index (κ3) is 14.8. The summed E-state index contributed by atoms with van der Waals surface area (Å²) in [6, 6.07) is 29.0. The van der Waals surface area contributed by atoms with Crippen LogP contribution in [-0.4, -0.2) is 161 Å². The van der Waals surface area contributed by atoms with Gasteiger partial charge in [-0.25, -0.2) is 21.6 Å². The zero-order valence-electron chi connectivity index (χ0n) is 48.0. The quantitative estimate of drug-likeness (QED) is 0.0427. The highest BCUT2D eigenvalue weighted by molar-refractivity contribution is 7.99. The number of amides is 5. The number of piperazine rings is 2. The van der Waals surface area contributed by atoms with Gasteiger partial charge in [-0.3, -0.25) is 44.0 Å². The number of fused-ring (bicyclic) bond motifs is 1. The molecule has 4 aliphatic heterocycles. The smallest absolute Gasteiger partial charge is 0.380 e. The number of nitrogens with one attached hydrogen (secondary N) is 3. The monoisotopic (exact) mass is 1270 g/mol. The van der Waals surface area contributed by atoms with Crippen molar-refractivity contribution in [2.45, 2.75) is 84.7 Å². The molecule has 0 bridgehead atoms. The van der Waals surface area contributed by atoms with E-state index in [1.807, 2.05) is 47.2 Å². The van der Waals surface area contributed by atoms with Crippen LogP contribution in [-0.2, 0) is 29.4 Å². The number of piperidine rings is 1. The molecule has 3 saturated heterocycles. The van der Waals surface area contributed by atoms with Crippen molar-refractivity contribution in [3.63, 3.8) is 0 Å². The second kappa shape index (κ2) is 26.3. The molecule has 3 fully saturated rings. The molecule has 5 aromatic rings. The predicted octanol–water partition coefficient (Wildman–Crippen LogP) is 8.57. The number of rotatable bonds is 18. The van der Waals surface area contributed by atoms with Gasteiger partial charge < -0.3 is 15.1 Å². The van der Waals surface area contributed by atoms with Crippen molar-refractivity contribution in [2.24, 2.45) is 5.41 Å². The molecule has 0 spiro atoms. The fourth-order valence-electron chi connectivity index (χ4n) is 11.7. The van der Waals surface area contributed by atoms with Gasteiger partial charge in [0.15, 0.2) is 0 Å². The number of sulfone groups is 1. The molecule has 2 atom stereocenters. The molecule has 0 radical (unpaired) electrons. The number of sulfonamides is 1. The van der Waals surface area contributed by atoms with E-state index in [-0.39, 0.29) is 40.7 Å². The van der Waals surface area contributed by atoms with Crippen molar-refractivity contribution >= 4 is 89.7 Å². The molecule has 0 saturated carbocycles. The van der Waals surface area contributed by atoms with E-state index in [2.05, 4.69) is 68.1 Å². The molecular formula is C63H66ClF3N8O9S3. The summed E-state index contributed by atoms with van der Waals surface area (Å²) >= 11 is 7.61. The summed E-state index contributed by atoms with van der Waals surface area (Å²) in [6.07, 6.45) is 3.44. The Kier molecular flexibility index (Phi) is 19.1. The molecule has 24 heteroatoms. The summed E-state index contributed by atoms with van der Waals surface area (Å²) in [5.74, 6) is 2.88. The Morgan fingerprint density at radius 3 is 2.18 bits per heavy atom. The number of anilines is 2. The van der Waals surface area contributed by atoms with E-state index < -0.39 is 82.5 Å². The molecule has 5 aromatic carbocycles. The van der Waals surface area contributed by atoms with Gasteiger partial charge >= 0.3 is 5.51 Å². The van der Waals surface area contributed by atoms with E-state index in [1.165, 1.54) is 46.7 Å². The van der Waals surface area contributed by atoms with E-state index in [1.54, 1.807) is 24.3 Å². The topological polar surface area (TPSA) is 206 Å². The predicted molar refractivity (Wildman–Crippen MR) is 327 cm³/mol. The zero-order valence-corrected chi connectivity index (χ0v) is 51.2. The first-order chi connectivity index (χ1) is 41.4. The van der Waals surface area contributed by atoms with Crippen molar-refractivity contribution in [1.29, 1.82) is 0 Å². The lowest BCUT2D eigenvalue weighted by molar-refractivity contribution is -0.136. The summed E-state index contributed by atoms with van der Waals surface area (Å²) in [7, 11) is -11.1. The third-order valence-electron chi connectivity index (χ3n) is 16.5. The summed E-state index contributed by atoms with van der Waals surface area (Å²) in [6.45, 7) is 11.5. The van der Waals surface area contributed by atoms with Crippen molar-refractivity contribution in [2.75, 3.05) is 88.0 Å². The fourth-order valence-corrected chi connectivity index (χ4v) is 14.8. The normalized spacial score (nSPS) is 19.3. The van der Waals surface area contributed by atoms with Crippen LogP contribution in [0, 0.1) is 17.3 Å². The first-order valence-electron chi connectivity index (χ1n) is 28.7. The molecule has 1 aliphatic carbocycles. The number of allylic oxidation sites excluding steroid dienone is 1. The maximum atomic E-state index is 14.5. The van der Waals surface area contributed by atoms with Gasteiger partial charge in [0.1, 0.15) is 10.9 Å². The maximum Gasteiger partial charge on any atom is 0.501 e. The van der Waals surface area contributed by atoms with Crippen LogP contribution < -0.4 is 20.3 Å². The van der Waals surface area contributed by atoms with Gasteiger partial charge in [0.05, 0.1) is 28.3 Å². The van der Waals surface area contributed by atoms with Gasteiger partial charge in [0.25, 0.3) is 37.6 Å². The molecular weight excluding hydrogens is 1200 g/mol. The highest BCUT2D eigenvalue weighted by Gasteiger charge is 2.49. The lowest BCUT2D eigenvalue weighted by Gasteiger charge is -2.39. The van der Waals surface area contributed by atoms with Crippen LogP contribution >= 0.6 is 23.4 Å². The average molecular weight is 1270 g/mol. The van der Waals surface area contributed by atoms with Crippen molar-refractivity contribution in [3.8, 4) is 11.8 Å². The molecule has 1 unspecified atom stereocenters. The standard InChI is InChI=1S/C63H66ClF3N8O9S3/c1-62(2)27-25-51(42-13-17-46(64)18-14-42)45(39-62)40-73-34-36-74(37-35-73)48-19-15-44(16-20-48)58(77)70-87(83,84)50-21-22-53(55(38-50)86(81,82)63(65,66)67)68-47(41-85-49-10-4-3-5-11-49)26-29-72-32-30-71(31-33-72)28-7-9-43-8-6-12-52-57(43)61(80)75(60(52)79)54-23-24-56(76)69-59(54)78/h3-6,8,10-22,38,47,54,68H,23-37,39-41H2,1-2H3,(H,70,77)(H,69,76,78)/t47-,54?/m1/s1. The Balaban J connectivity index is 0.766. The highest BCUT2D eigenvalue weighted by Crippen LogP contribution is 2.43. The Hall–Kier alpha value is -7.04. The van der Waals surface area contributed by atoms with Gasteiger partial charge in [-0.1, -0.05) is 79.3 Å². The lowest BCUT2D eigenvalue weighted by Crippen LogP contribution is -2.54. The number of carbonyl (C=O) groups excluding carboxylic acids is 5. The fraction of sp³-hybridized carbons (Fsp3) is 0.381. The molecule has 3 N–H and O–H groups in total. The summed E-state index contributed by atoms with van der Waals surface area (Å²) in [4.78, 5) is 73.2. The van der Waals surface area contributed by atoms with Gasteiger partial charge in [-0.05, 0) is 128 Å². The largest absolute Gasteiger partial charge is 0.501 e. The number of halogens is 4. The van der Waals surface area contributed by atoms with Crippen molar-refractivity contribution in [3.05, 3.63) is 154 Å². The number of thioether (sulfide) groups is 1. The maximum absolute atomic E-state index is 14.5. The summed E-state index contributed by atoms with van der Waals surface area (Å²) in [5.41, 5.74) is -0.745. The van der Waals surface area contributed by atoms with Gasteiger partial charge in [0, 0.05) is 110 Å². The molecule has 17 nitrogen and oxygen atoms in total. The Morgan fingerprint density at radius 1 is 0.805 bits per heavy atom. The van der Waals surface area contributed by atoms with E-state index in [0.29, 0.717) is 75.4 Å². The van der Waals surface area contributed by atoms with E-state index in [4.69, 9.17) is 11.6 Å². The zero-order chi connectivity index (χ0) is 61.8. The van der Waals surface area contributed by atoms with Crippen LogP contribution in [0.4, 0.5) is 24.5 Å². The summed E-state index contributed by atoms with van der Waals surface area (Å²) < 4.78 is 99.8. The highest BCUT2D eigenvalue weighted by atomic mass is 35.5. The first kappa shape index (κ1) is 63.0. The van der Waals surface area contributed by atoms with E-state index in [9.17, 15) is 54.0 Å². The number of hydrogen-bond donors (Lipinski definition) is 3. The Labute approximate surface area is 514 Å². The number of hydrogen-bond acceptors (Lipinski definition) is 15. The minimum atomic E-state index is -6.16. The summed E-state index contributed by atoms with van der Waals surface area (Å²) in [5, 5.41) is 5.90.